The maximum Gasteiger partial charge on any atom is 0.251 e. The molecule has 0 aliphatic carbocycles. The number of rotatable bonds is 4. The van der Waals surface area contributed by atoms with Gasteiger partial charge in [0.15, 0.2) is 5.82 Å². The summed E-state index contributed by atoms with van der Waals surface area (Å²) in [7, 11) is 0. The van der Waals surface area contributed by atoms with Crippen molar-refractivity contribution in [3.05, 3.63) is 46.0 Å². The Morgan fingerprint density at radius 3 is 2.95 bits per heavy atom. The molecule has 0 bridgehead atoms. The quantitative estimate of drug-likeness (QED) is 0.939. The molecule has 1 aromatic heterocycles. The van der Waals surface area contributed by atoms with E-state index in [-0.39, 0.29) is 5.91 Å². The average Bonchev–Trinajstić information content (AvgIpc) is 2.86. The molecular formula is C13H15BrN4O. The molecule has 0 aliphatic rings. The molecule has 0 saturated heterocycles. The maximum absolute atomic E-state index is 12.0. The van der Waals surface area contributed by atoms with Gasteiger partial charge in [-0.15, -0.1) is 10.2 Å². The molecule has 1 aromatic carbocycles. The number of aromatic nitrogens is 3. The van der Waals surface area contributed by atoms with Gasteiger partial charge in [0.1, 0.15) is 6.33 Å². The molecule has 1 amide bonds. The molecule has 6 heteroatoms. The van der Waals surface area contributed by atoms with Crippen molar-refractivity contribution in [2.45, 2.75) is 26.9 Å². The van der Waals surface area contributed by atoms with Crippen LogP contribution < -0.4 is 5.32 Å². The van der Waals surface area contributed by atoms with Gasteiger partial charge in [-0.05, 0) is 37.6 Å². The summed E-state index contributed by atoms with van der Waals surface area (Å²) in [6, 6.07) is 5.51. The second-order valence-corrected chi connectivity index (χ2v) is 5.03. The van der Waals surface area contributed by atoms with Crippen LogP contribution in [0.15, 0.2) is 29.0 Å². The summed E-state index contributed by atoms with van der Waals surface area (Å²) < 4.78 is 2.89. The largest absolute Gasteiger partial charge is 0.345 e. The topological polar surface area (TPSA) is 59.8 Å². The highest BCUT2D eigenvalue weighted by Crippen LogP contribution is 2.17. The Morgan fingerprint density at radius 1 is 1.47 bits per heavy atom. The van der Waals surface area contributed by atoms with Gasteiger partial charge in [0.25, 0.3) is 5.91 Å². The first-order valence-corrected chi connectivity index (χ1v) is 6.82. The standard InChI is InChI=1S/C13H15BrN4O/c1-3-18-8-16-17-12(18)7-15-13(19)10-4-5-11(14)9(2)6-10/h4-6,8H,3,7H2,1-2H3,(H,15,19). The molecule has 0 atom stereocenters. The number of aryl methyl sites for hydroxylation is 2. The number of nitrogens with zero attached hydrogens (tertiary/aromatic N) is 3. The zero-order valence-corrected chi connectivity index (χ0v) is 12.4. The Labute approximate surface area is 120 Å². The molecule has 0 saturated carbocycles. The molecule has 100 valence electrons. The molecule has 1 N–H and O–H groups in total. The first kappa shape index (κ1) is 13.7. The second kappa shape index (κ2) is 5.97. The summed E-state index contributed by atoms with van der Waals surface area (Å²) in [6.07, 6.45) is 1.66. The first-order chi connectivity index (χ1) is 9.11. The maximum atomic E-state index is 12.0. The summed E-state index contributed by atoms with van der Waals surface area (Å²) in [5, 5.41) is 10.6. The predicted octanol–water partition coefficient (Wildman–Crippen LogP) is 2.30. The lowest BCUT2D eigenvalue weighted by Crippen LogP contribution is -2.24. The molecule has 1 heterocycles. The van der Waals surface area contributed by atoms with E-state index < -0.39 is 0 Å². The number of halogens is 1. The van der Waals surface area contributed by atoms with Crippen LogP contribution in [0.2, 0.25) is 0 Å². The third-order valence-corrected chi connectivity index (χ3v) is 3.75. The van der Waals surface area contributed by atoms with Gasteiger partial charge in [-0.2, -0.15) is 0 Å². The van der Waals surface area contributed by atoms with Crippen molar-refractivity contribution in [1.29, 1.82) is 0 Å². The number of hydrogen-bond acceptors (Lipinski definition) is 3. The Bertz CT molecular complexity index is 594. The third kappa shape index (κ3) is 3.20. The van der Waals surface area contributed by atoms with Crippen molar-refractivity contribution >= 4 is 21.8 Å². The lowest BCUT2D eigenvalue weighted by Gasteiger charge is -2.07. The average molecular weight is 323 g/mol. The van der Waals surface area contributed by atoms with Crippen molar-refractivity contribution in [2.24, 2.45) is 0 Å². The summed E-state index contributed by atoms with van der Waals surface area (Å²) >= 11 is 3.41. The minimum atomic E-state index is -0.110. The van der Waals surface area contributed by atoms with Gasteiger partial charge >= 0.3 is 0 Å². The van der Waals surface area contributed by atoms with Gasteiger partial charge in [-0.3, -0.25) is 4.79 Å². The van der Waals surface area contributed by atoms with Gasteiger partial charge in [0.2, 0.25) is 0 Å². The number of benzene rings is 1. The van der Waals surface area contributed by atoms with Gasteiger partial charge in [0, 0.05) is 16.6 Å². The fourth-order valence-electron chi connectivity index (χ4n) is 1.73. The SMILES string of the molecule is CCn1cnnc1CNC(=O)c1ccc(Br)c(C)c1. The molecule has 2 rings (SSSR count). The van der Waals surface area contributed by atoms with Crippen molar-refractivity contribution in [1.82, 2.24) is 20.1 Å². The first-order valence-electron chi connectivity index (χ1n) is 6.03. The molecule has 0 fully saturated rings. The number of carbonyl (C=O) groups excluding carboxylic acids is 1. The zero-order valence-electron chi connectivity index (χ0n) is 10.9. The molecule has 19 heavy (non-hydrogen) atoms. The monoisotopic (exact) mass is 322 g/mol. The van der Waals surface area contributed by atoms with Crippen molar-refractivity contribution in [3.63, 3.8) is 0 Å². The number of nitrogens with one attached hydrogen (secondary N) is 1. The lowest BCUT2D eigenvalue weighted by molar-refractivity contribution is 0.0949. The molecule has 0 aliphatic heterocycles. The third-order valence-electron chi connectivity index (χ3n) is 2.86. The lowest BCUT2D eigenvalue weighted by atomic mass is 10.1. The molecule has 2 aromatic rings. The van der Waals surface area contributed by atoms with Gasteiger partial charge in [-0.25, -0.2) is 0 Å². The molecule has 0 spiro atoms. The van der Waals surface area contributed by atoms with Crippen LogP contribution in [0.4, 0.5) is 0 Å². The van der Waals surface area contributed by atoms with E-state index in [2.05, 4.69) is 31.4 Å². The van der Waals surface area contributed by atoms with Crippen molar-refractivity contribution < 1.29 is 4.79 Å². The van der Waals surface area contributed by atoms with Crippen LogP contribution >= 0.6 is 15.9 Å². The molecule has 5 nitrogen and oxygen atoms in total. The Morgan fingerprint density at radius 2 is 2.26 bits per heavy atom. The van der Waals surface area contributed by atoms with Crippen LogP contribution in [-0.2, 0) is 13.1 Å². The van der Waals surface area contributed by atoms with Crippen LogP contribution in [0, 0.1) is 6.92 Å². The number of amides is 1. The summed E-state index contributed by atoms with van der Waals surface area (Å²) in [6.45, 7) is 5.12. The fraction of sp³-hybridized carbons (Fsp3) is 0.308. The summed E-state index contributed by atoms with van der Waals surface area (Å²) in [4.78, 5) is 12.0. The van der Waals surface area contributed by atoms with Crippen LogP contribution in [0.1, 0.15) is 28.7 Å². The fourth-order valence-corrected chi connectivity index (χ4v) is 1.97. The van der Waals surface area contributed by atoms with E-state index in [0.717, 1.165) is 22.4 Å². The van der Waals surface area contributed by atoms with Gasteiger partial charge < -0.3 is 9.88 Å². The van der Waals surface area contributed by atoms with E-state index in [1.807, 2.05) is 30.5 Å². The van der Waals surface area contributed by atoms with E-state index in [1.54, 1.807) is 12.4 Å². The van der Waals surface area contributed by atoms with Crippen molar-refractivity contribution in [2.75, 3.05) is 0 Å². The Hall–Kier alpha value is -1.69. The smallest absolute Gasteiger partial charge is 0.251 e. The van der Waals surface area contributed by atoms with Crippen LogP contribution in [0.3, 0.4) is 0 Å². The highest BCUT2D eigenvalue weighted by Gasteiger charge is 2.09. The number of hydrogen-bond donors (Lipinski definition) is 1. The highest BCUT2D eigenvalue weighted by atomic mass is 79.9. The highest BCUT2D eigenvalue weighted by molar-refractivity contribution is 9.10. The Kier molecular flexibility index (Phi) is 4.31. The summed E-state index contributed by atoms with van der Waals surface area (Å²) in [5.74, 6) is 0.644. The van der Waals surface area contributed by atoms with Gasteiger partial charge in [0.05, 0.1) is 6.54 Å². The minimum Gasteiger partial charge on any atom is -0.345 e. The molecule has 0 radical (unpaired) electrons. The predicted molar refractivity (Wildman–Crippen MR) is 75.7 cm³/mol. The van der Waals surface area contributed by atoms with E-state index in [1.165, 1.54) is 0 Å². The van der Waals surface area contributed by atoms with Crippen molar-refractivity contribution in [3.8, 4) is 0 Å². The molecule has 0 unspecified atom stereocenters. The second-order valence-electron chi connectivity index (χ2n) is 4.18. The normalized spacial score (nSPS) is 10.5. The van der Waals surface area contributed by atoms with E-state index in [9.17, 15) is 4.79 Å². The van der Waals surface area contributed by atoms with E-state index in [0.29, 0.717) is 12.1 Å². The Balaban J connectivity index is 2.03. The van der Waals surface area contributed by atoms with Gasteiger partial charge in [-0.1, -0.05) is 15.9 Å². The zero-order chi connectivity index (χ0) is 13.8. The number of carbonyl (C=O) groups is 1. The molecular weight excluding hydrogens is 308 g/mol. The van der Waals surface area contributed by atoms with Crippen LogP contribution in [-0.4, -0.2) is 20.7 Å². The van der Waals surface area contributed by atoms with Crippen LogP contribution in [0.5, 0.6) is 0 Å². The van der Waals surface area contributed by atoms with Crippen LogP contribution in [0.25, 0.3) is 0 Å². The van der Waals surface area contributed by atoms with E-state index >= 15 is 0 Å². The minimum absolute atomic E-state index is 0.110. The summed E-state index contributed by atoms with van der Waals surface area (Å²) in [5.41, 5.74) is 1.67. The van der Waals surface area contributed by atoms with E-state index in [4.69, 9.17) is 0 Å².